The van der Waals surface area contributed by atoms with Crippen LogP contribution >= 0.6 is 0 Å². The van der Waals surface area contributed by atoms with Crippen LogP contribution in [0.1, 0.15) is 16.8 Å². The van der Waals surface area contributed by atoms with Crippen LogP contribution in [0.25, 0.3) is 22.7 Å². The lowest BCUT2D eigenvalue weighted by molar-refractivity contribution is -0.131. The number of nitrogens with zero attached hydrogens (tertiary/aromatic N) is 2. The van der Waals surface area contributed by atoms with Gasteiger partial charge in [0.2, 0.25) is 0 Å². The summed E-state index contributed by atoms with van der Waals surface area (Å²) in [4.78, 5) is 15.3. The van der Waals surface area contributed by atoms with E-state index in [9.17, 15) is 9.90 Å². The molecule has 144 valence electrons. The van der Waals surface area contributed by atoms with Gasteiger partial charge in [0.05, 0.1) is 5.52 Å². The quantitative estimate of drug-likeness (QED) is 0.476. The van der Waals surface area contributed by atoms with Crippen LogP contribution in [0.2, 0.25) is 0 Å². The topological polar surface area (TPSA) is 75.3 Å². The number of hydrogen-bond acceptors (Lipinski definition) is 3. The molecule has 2 N–H and O–H groups in total. The minimum atomic E-state index is -0.970. The van der Waals surface area contributed by atoms with E-state index in [2.05, 4.69) is 15.7 Å². The van der Waals surface area contributed by atoms with Gasteiger partial charge in [-0.05, 0) is 78.6 Å². The highest BCUT2D eigenvalue weighted by Crippen LogP contribution is 2.28. The van der Waals surface area contributed by atoms with Gasteiger partial charge < -0.3 is 14.8 Å². The van der Waals surface area contributed by atoms with E-state index < -0.39 is 5.97 Å². The number of aromatic hydroxyl groups is 1. The SMILES string of the molecule is O=C(O)/C=C/c1ccc2c(c1)c(CCc1ccccn1)cn2-c1ccc(O)cc1. The Kier molecular flexibility index (Phi) is 5.12. The Morgan fingerprint density at radius 2 is 1.86 bits per heavy atom. The lowest BCUT2D eigenvalue weighted by Crippen LogP contribution is -1.93. The average molecular weight is 384 g/mol. The summed E-state index contributed by atoms with van der Waals surface area (Å²) in [5.41, 5.74) is 5.00. The number of pyridine rings is 1. The molecule has 0 saturated heterocycles. The van der Waals surface area contributed by atoms with Crippen molar-refractivity contribution in [3.05, 3.63) is 96.0 Å². The predicted octanol–water partition coefficient (Wildman–Crippen LogP) is 4.61. The first-order chi connectivity index (χ1) is 14.1. The maximum atomic E-state index is 10.9. The molecular formula is C24H20N2O3. The first-order valence-corrected chi connectivity index (χ1v) is 9.34. The fourth-order valence-electron chi connectivity index (χ4n) is 3.42. The molecule has 0 saturated carbocycles. The Balaban J connectivity index is 1.77. The summed E-state index contributed by atoms with van der Waals surface area (Å²) in [6.07, 6.45) is 8.26. The highest BCUT2D eigenvalue weighted by atomic mass is 16.4. The molecule has 0 aliphatic heterocycles. The van der Waals surface area contributed by atoms with Crippen molar-refractivity contribution in [1.29, 1.82) is 0 Å². The van der Waals surface area contributed by atoms with Crippen molar-refractivity contribution in [3.8, 4) is 11.4 Å². The summed E-state index contributed by atoms with van der Waals surface area (Å²) in [5.74, 6) is -0.746. The highest BCUT2D eigenvalue weighted by Gasteiger charge is 2.11. The molecule has 0 unspecified atom stereocenters. The maximum Gasteiger partial charge on any atom is 0.328 e. The summed E-state index contributed by atoms with van der Waals surface area (Å²) < 4.78 is 2.09. The van der Waals surface area contributed by atoms with E-state index >= 15 is 0 Å². The van der Waals surface area contributed by atoms with Crippen molar-refractivity contribution >= 4 is 22.9 Å². The second kappa shape index (κ2) is 8.02. The molecule has 0 aliphatic carbocycles. The third kappa shape index (κ3) is 4.19. The molecule has 4 aromatic rings. The molecule has 0 amide bonds. The van der Waals surface area contributed by atoms with Gasteiger partial charge in [0.25, 0.3) is 0 Å². The lowest BCUT2D eigenvalue weighted by Gasteiger charge is -2.05. The number of carbonyl (C=O) groups is 1. The van der Waals surface area contributed by atoms with Crippen LogP contribution < -0.4 is 0 Å². The number of hydrogen-bond donors (Lipinski definition) is 2. The second-order valence-corrected chi connectivity index (χ2v) is 6.81. The Labute approximate surface area is 168 Å². The summed E-state index contributed by atoms with van der Waals surface area (Å²) in [7, 11) is 0. The number of phenols is 1. The number of carboxylic acids is 1. The molecule has 5 heteroatoms. The first-order valence-electron chi connectivity index (χ1n) is 9.34. The molecule has 2 aromatic carbocycles. The number of rotatable bonds is 6. The maximum absolute atomic E-state index is 10.9. The molecule has 5 nitrogen and oxygen atoms in total. The van der Waals surface area contributed by atoms with Crippen LogP contribution in [0.5, 0.6) is 5.75 Å². The third-order valence-corrected chi connectivity index (χ3v) is 4.83. The molecule has 0 bridgehead atoms. The molecule has 0 atom stereocenters. The van der Waals surface area contributed by atoms with Gasteiger partial charge >= 0.3 is 5.97 Å². The van der Waals surface area contributed by atoms with Crippen LogP contribution in [-0.2, 0) is 17.6 Å². The second-order valence-electron chi connectivity index (χ2n) is 6.81. The van der Waals surface area contributed by atoms with Crippen molar-refractivity contribution in [3.63, 3.8) is 0 Å². The molecule has 0 fully saturated rings. The standard InChI is InChI=1S/C24H20N2O3/c27-21-10-8-20(9-11-21)26-16-18(6-7-19-3-1-2-14-25-19)22-15-17(4-12-23(22)26)5-13-24(28)29/h1-5,8-16,27H,6-7H2,(H,28,29)/b13-5+. The van der Waals surface area contributed by atoms with Gasteiger partial charge in [-0.3, -0.25) is 4.98 Å². The monoisotopic (exact) mass is 384 g/mol. The number of aryl methyl sites for hydroxylation is 2. The van der Waals surface area contributed by atoms with Gasteiger partial charge in [-0.2, -0.15) is 0 Å². The predicted molar refractivity (Wildman–Crippen MR) is 113 cm³/mol. The Morgan fingerprint density at radius 1 is 1.03 bits per heavy atom. The Morgan fingerprint density at radius 3 is 2.59 bits per heavy atom. The average Bonchev–Trinajstić information content (AvgIpc) is 3.10. The highest BCUT2D eigenvalue weighted by molar-refractivity contribution is 5.90. The van der Waals surface area contributed by atoms with E-state index in [0.717, 1.165) is 52.3 Å². The van der Waals surface area contributed by atoms with Gasteiger partial charge in [-0.15, -0.1) is 0 Å². The van der Waals surface area contributed by atoms with Crippen molar-refractivity contribution in [1.82, 2.24) is 9.55 Å². The summed E-state index contributed by atoms with van der Waals surface area (Å²) >= 11 is 0. The molecule has 2 heterocycles. The molecule has 29 heavy (non-hydrogen) atoms. The number of phenolic OH excluding ortho intramolecular Hbond substituents is 1. The smallest absolute Gasteiger partial charge is 0.328 e. The molecule has 0 aliphatic rings. The van der Waals surface area contributed by atoms with Gasteiger partial charge in [0.15, 0.2) is 0 Å². The minimum Gasteiger partial charge on any atom is -0.508 e. The fraction of sp³-hybridized carbons (Fsp3) is 0.0833. The first kappa shape index (κ1) is 18.5. The van der Waals surface area contributed by atoms with Crippen LogP contribution in [0.15, 0.2) is 79.1 Å². The number of carboxylic acid groups (broad SMARTS) is 1. The van der Waals surface area contributed by atoms with E-state index in [0.29, 0.717) is 0 Å². The van der Waals surface area contributed by atoms with E-state index in [4.69, 9.17) is 5.11 Å². The van der Waals surface area contributed by atoms with Crippen molar-refractivity contribution < 1.29 is 15.0 Å². The van der Waals surface area contributed by atoms with E-state index in [1.165, 1.54) is 0 Å². The molecule has 4 rings (SSSR count). The molecule has 0 radical (unpaired) electrons. The number of fused-ring (bicyclic) bond motifs is 1. The Hall–Kier alpha value is -3.86. The largest absolute Gasteiger partial charge is 0.508 e. The van der Waals surface area contributed by atoms with Crippen molar-refractivity contribution in [2.24, 2.45) is 0 Å². The van der Waals surface area contributed by atoms with E-state index in [-0.39, 0.29) is 5.75 Å². The van der Waals surface area contributed by atoms with Gasteiger partial charge in [-0.25, -0.2) is 4.79 Å². The van der Waals surface area contributed by atoms with Crippen LogP contribution in [0.4, 0.5) is 0 Å². The number of benzene rings is 2. The zero-order valence-corrected chi connectivity index (χ0v) is 15.7. The lowest BCUT2D eigenvalue weighted by atomic mass is 10.0. The summed E-state index contributed by atoms with van der Waals surface area (Å²) in [6.45, 7) is 0. The van der Waals surface area contributed by atoms with Crippen LogP contribution in [0, 0.1) is 0 Å². The normalized spacial score (nSPS) is 11.3. The molecule has 0 spiro atoms. The third-order valence-electron chi connectivity index (χ3n) is 4.83. The summed E-state index contributed by atoms with van der Waals surface area (Å²) in [5, 5.41) is 19.6. The van der Waals surface area contributed by atoms with Gasteiger partial charge in [0.1, 0.15) is 5.75 Å². The number of aliphatic carboxylic acids is 1. The Bertz CT molecular complexity index is 1180. The van der Waals surface area contributed by atoms with Gasteiger partial charge in [0, 0.05) is 35.2 Å². The molecular weight excluding hydrogens is 364 g/mol. The van der Waals surface area contributed by atoms with Crippen LogP contribution in [-0.4, -0.2) is 25.7 Å². The van der Waals surface area contributed by atoms with Crippen LogP contribution in [0.3, 0.4) is 0 Å². The van der Waals surface area contributed by atoms with Gasteiger partial charge in [-0.1, -0.05) is 12.1 Å². The fourth-order valence-corrected chi connectivity index (χ4v) is 3.42. The zero-order valence-electron chi connectivity index (χ0n) is 15.7. The van der Waals surface area contributed by atoms with Crippen molar-refractivity contribution in [2.75, 3.05) is 0 Å². The van der Waals surface area contributed by atoms with E-state index in [1.54, 1.807) is 24.4 Å². The van der Waals surface area contributed by atoms with Crippen molar-refractivity contribution in [2.45, 2.75) is 12.8 Å². The summed E-state index contributed by atoms with van der Waals surface area (Å²) in [6, 6.07) is 18.9. The zero-order chi connectivity index (χ0) is 20.2. The number of aromatic nitrogens is 2. The van der Waals surface area contributed by atoms with E-state index in [1.807, 2.05) is 48.5 Å². The minimum absolute atomic E-state index is 0.224. The molecule has 2 aromatic heterocycles.